The van der Waals surface area contributed by atoms with Crippen LogP contribution in [0.2, 0.25) is 0 Å². The molecular formula is C31H31NO6S2. The van der Waals surface area contributed by atoms with Crippen molar-refractivity contribution in [3.05, 3.63) is 120 Å². The van der Waals surface area contributed by atoms with Gasteiger partial charge in [0.15, 0.2) is 6.29 Å². The first kappa shape index (κ1) is 28.2. The summed E-state index contributed by atoms with van der Waals surface area (Å²) in [4.78, 5) is 1.21. The molecule has 40 heavy (non-hydrogen) atoms. The van der Waals surface area contributed by atoms with Crippen molar-refractivity contribution in [1.29, 1.82) is 0 Å². The summed E-state index contributed by atoms with van der Waals surface area (Å²) in [6.07, 6.45) is -0.474. The molecule has 3 unspecified atom stereocenters. The second kappa shape index (κ2) is 12.9. The van der Waals surface area contributed by atoms with E-state index in [-0.39, 0.29) is 23.7 Å². The van der Waals surface area contributed by atoms with Crippen LogP contribution >= 0.6 is 11.8 Å². The molecule has 0 spiro atoms. The Hall–Kier alpha value is -3.34. The van der Waals surface area contributed by atoms with Crippen LogP contribution in [0.15, 0.2) is 113 Å². The summed E-state index contributed by atoms with van der Waals surface area (Å²) < 4.78 is 46.8. The van der Waals surface area contributed by atoms with E-state index in [9.17, 15) is 13.5 Å². The van der Waals surface area contributed by atoms with Crippen LogP contribution in [0.25, 0.3) is 0 Å². The van der Waals surface area contributed by atoms with E-state index in [1.165, 1.54) is 0 Å². The van der Waals surface area contributed by atoms with E-state index >= 15 is 0 Å². The largest absolute Gasteiger partial charge is 0.496 e. The van der Waals surface area contributed by atoms with E-state index in [0.29, 0.717) is 23.4 Å². The average Bonchev–Trinajstić information content (AvgIpc) is 3.00. The predicted molar refractivity (Wildman–Crippen MR) is 156 cm³/mol. The molecule has 4 aromatic rings. The van der Waals surface area contributed by atoms with E-state index in [1.54, 1.807) is 67.4 Å². The Morgan fingerprint density at radius 3 is 2.40 bits per heavy atom. The molecular weight excluding hydrogens is 546 g/mol. The molecule has 0 radical (unpaired) electrons. The van der Waals surface area contributed by atoms with Gasteiger partial charge in [-0.05, 0) is 47.5 Å². The molecule has 1 aliphatic rings. The highest BCUT2D eigenvalue weighted by molar-refractivity contribution is 7.99. The summed E-state index contributed by atoms with van der Waals surface area (Å²) in [5, 5.41) is 9.46. The number of sulfonamides is 1. The molecule has 0 bridgehead atoms. The number of para-hydroxylation sites is 1. The van der Waals surface area contributed by atoms with Crippen molar-refractivity contribution >= 4 is 27.5 Å². The molecule has 5 rings (SSSR count). The average molecular weight is 578 g/mol. The number of thioether (sulfide) groups is 1. The molecule has 7 nitrogen and oxygen atoms in total. The van der Waals surface area contributed by atoms with Gasteiger partial charge in [0.25, 0.3) is 10.0 Å². The van der Waals surface area contributed by atoms with Gasteiger partial charge >= 0.3 is 0 Å². The lowest BCUT2D eigenvalue weighted by molar-refractivity contribution is -0.245. The zero-order valence-electron chi connectivity index (χ0n) is 22.0. The third kappa shape index (κ3) is 6.86. The van der Waals surface area contributed by atoms with Crippen LogP contribution in [-0.4, -0.2) is 32.5 Å². The summed E-state index contributed by atoms with van der Waals surface area (Å²) in [5.41, 5.74) is 2.94. The second-order valence-corrected chi connectivity index (χ2v) is 12.1. The van der Waals surface area contributed by atoms with Gasteiger partial charge in [0, 0.05) is 28.3 Å². The fourth-order valence-corrected chi connectivity index (χ4v) is 6.63. The minimum atomic E-state index is -3.75. The lowest BCUT2D eigenvalue weighted by atomic mass is 10.0. The highest BCUT2D eigenvalue weighted by atomic mass is 32.2. The lowest BCUT2D eigenvalue weighted by Crippen LogP contribution is -2.31. The number of aliphatic hydroxyl groups excluding tert-OH is 1. The molecule has 9 heteroatoms. The van der Waals surface area contributed by atoms with Gasteiger partial charge in [0.1, 0.15) is 5.75 Å². The van der Waals surface area contributed by atoms with Crippen LogP contribution in [0.5, 0.6) is 5.75 Å². The van der Waals surface area contributed by atoms with E-state index in [4.69, 9.17) is 14.2 Å². The van der Waals surface area contributed by atoms with Crippen LogP contribution in [0, 0.1) is 0 Å². The van der Waals surface area contributed by atoms with Gasteiger partial charge in [0.2, 0.25) is 0 Å². The number of hydrogen-bond acceptors (Lipinski definition) is 7. The Labute approximate surface area is 239 Å². The lowest BCUT2D eigenvalue weighted by Gasteiger charge is -2.36. The fourth-order valence-electron chi connectivity index (χ4n) is 4.51. The zero-order chi connectivity index (χ0) is 28.0. The molecule has 2 N–H and O–H groups in total. The van der Waals surface area contributed by atoms with Crippen LogP contribution in [0.1, 0.15) is 35.5 Å². The van der Waals surface area contributed by atoms with Gasteiger partial charge in [-0.3, -0.25) is 4.72 Å². The molecule has 1 fully saturated rings. The number of benzene rings is 4. The van der Waals surface area contributed by atoms with Crippen molar-refractivity contribution in [3.8, 4) is 5.75 Å². The predicted octanol–water partition coefficient (Wildman–Crippen LogP) is 6.33. The van der Waals surface area contributed by atoms with Crippen molar-refractivity contribution in [2.24, 2.45) is 0 Å². The van der Waals surface area contributed by atoms with Gasteiger partial charge in [-0.1, -0.05) is 66.7 Å². The Morgan fingerprint density at radius 2 is 1.65 bits per heavy atom. The van der Waals surface area contributed by atoms with Crippen molar-refractivity contribution in [1.82, 2.24) is 0 Å². The minimum Gasteiger partial charge on any atom is -0.496 e. The molecule has 0 aromatic heterocycles. The van der Waals surface area contributed by atoms with Gasteiger partial charge < -0.3 is 19.3 Å². The number of anilines is 1. The summed E-state index contributed by atoms with van der Waals surface area (Å²) >= 11 is 1.66. The number of hydrogen-bond donors (Lipinski definition) is 2. The quantitative estimate of drug-likeness (QED) is 0.213. The molecule has 0 saturated carbocycles. The highest BCUT2D eigenvalue weighted by Gasteiger charge is 2.32. The van der Waals surface area contributed by atoms with Crippen LogP contribution in [0.3, 0.4) is 0 Å². The Balaban J connectivity index is 1.38. The maximum atomic E-state index is 12.9. The maximum Gasteiger partial charge on any atom is 0.261 e. The molecule has 0 aliphatic carbocycles. The van der Waals surface area contributed by atoms with E-state index in [1.807, 2.05) is 54.6 Å². The van der Waals surface area contributed by atoms with Gasteiger partial charge in [0.05, 0.1) is 30.8 Å². The summed E-state index contributed by atoms with van der Waals surface area (Å²) in [5.74, 6) is 1.48. The van der Waals surface area contributed by atoms with Crippen molar-refractivity contribution < 1.29 is 27.7 Å². The molecule has 0 amide bonds. The molecule has 208 valence electrons. The Kier molecular flexibility index (Phi) is 9.08. The molecule has 3 atom stereocenters. The summed E-state index contributed by atoms with van der Waals surface area (Å²) in [7, 11) is -2.09. The topological polar surface area (TPSA) is 94.1 Å². The third-order valence-corrected chi connectivity index (χ3v) is 9.16. The first-order chi connectivity index (χ1) is 19.4. The number of nitrogens with one attached hydrogen (secondary N) is 1. The first-order valence-electron chi connectivity index (χ1n) is 12.9. The summed E-state index contributed by atoms with van der Waals surface area (Å²) in [6, 6.07) is 30.9. The smallest absolute Gasteiger partial charge is 0.261 e. The number of ether oxygens (including phenoxy) is 3. The highest BCUT2D eigenvalue weighted by Crippen LogP contribution is 2.41. The van der Waals surface area contributed by atoms with Crippen LogP contribution in [0.4, 0.5) is 5.69 Å². The van der Waals surface area contributed by atoms with Gasteiger partial charge in [-0.2, -0.15) is 0 Å². The monoisotopic (exact) mass is 577 g/mol. The Morgan fingerprint density at radius 1 is 0.900 bits per heavy atom. The van der Waals surface area contributed by atoms with Crippen molar-refractivity contribution in [2.45, 2.75) is 41.3 Å². The van der Waals surface area contributed by atoms with Crippen LogP contribution in [-0.2, 0) is 26.1 Å². The fraction of sp³-hybridized carbons (Fsp3) is 0.226. The normalized spacial score (nSPS) is 19.2. The first-order valence-corrected chi connectivity index (χ1v) is 15.4. The second-order valence-electron chi connectivity index (χ2n) is 9.36. The molecule has 1 aliphatic heterocycles. The van der Waals surface area contributed by atoms with Crippen LogP contribution < -0.4 is 9.46 Å². The van der Waals surface area contributed by atoms with E-state index in [0.717, 1.165) is 21.8 Å². The molecule has 4 aromatic carbocycles. The summed E-state index contributed by atoms with van der Waals surface area (Å²) in [6.45, 7) is -0.0264. The minimum absolute atomic E-state index is 0.0264. The zero-order valence-corrected chi connectivity index (χ0v) is 23.6. The number of methoxy groups -OCH3 is 1. The number of aliphatic hydroxyl groups is 1. The van der Waals surface area contributed by atoms with E-state index in [2.05, 4.69) is 4.72 Å². The molecule has 1 heterocycles. The maximum absolute atomic E-state index is 12.9. The SMILES string of the molecule is COc1ccccc1SCC1CC(c2ccc(CO)cc2)OC(c2cccc(NS(=O)(=O)c3ccccc3)c2)O1. The van der Waals surface area contributed by atoms with Crippen molar-refractivity contribution in [2.75, 3.05) is 17.6 Å². The van der Waals surface area contributed by atoms with Crippen molar-refractivity contribution in [3.63, 3.8) is 0 Å². The van der Waals surface area contributed by atoms with Gasteiger partial charge in [-0.15, -0.1) is 11.8 Å². The number of rotatable bonds is 10. The molecule has 1 saturated heterocycles. The third-order valence-electron chi connectivity index (χ3n) is 6.57. The Bertz CT molecular complexity index is 1510. The van der Waals surface area contributed by atoms with Gasteiger partial charge in [-0.25, -0.2) is 8.42 Å². The standard InChI is InChI=1S/C31H31NO6S2/c1-36-28-12-5-6-13-30(28)39-21-26-19-29(23-16-14-22(20-33)15-17-23)38-31(37-26)24-8-7-9-25(18-24)32-40(34,35)27-10-3-2-4-11-27/h2-18,26,29,31-33H,19-21H2,1H3. The van der Waals surface area contributed by atoms with E-state index < -0.39 is 16.3 Å².